The number of rotatable bonds is 1. The topological polar surface area (TPSA) is 37.3 Å². The molecule has 0 unspecified atom stereocenters. The van der Waals surface area contributed by atoms with Crippen LogP contribution in [0.3, 0.4) is 0 Å². The normalized spacial score (nSPS) is 9.64. The van der Waals surface area contributed by atoms with Crippen LogP contribution in [-0.4, -0.2) is 11.1 Å². The van der Waals surface area contributed by atoms with Crippen molar-refractivity contribution < 1.29 is 18.7 Å². The molecule has 1 N–H and O–H groups in total. The quantitative estimate of drug-likeness (QED) is 0.632. The summed E-state index contributed by atoms with van der Waals surface area (Å²) < 4.78 is 25.0. The Morgan fingerprint density at radius 1 is 1.27 bits per heavy atom. The molecule has 0 atom stereocenters. The molecule has 0 heterocycles. The van der Waals surface area contributed by atoms with Gasteiger partial charge in [-0.3, -0.25) is 0 Å². The second kappa shape index (κ2) is 2.65. The number of hydrogen-bond acceptors (Lipinski definition) is 1. The third kappa shape index (κ3) is 1.34. The minimum atomic E-state index is -1.60. The second-order valence-electron chi connectivity index (χ2n) is 1.90. The van der Waals surface area contributed by atoms with E-state index < -0.39 is 23.2 Å². The molecule has 0 spiro atoms. The van der Waals surface area contributed by atoms with Gasteiger partial charge < -0.3 is 5.11 Å². The zero-order chi connectivity index (χ0) is 8.43. The largest absolute Gasteiger partial charge is 0.477 e. The van der Waals surface area contributed by atoms with Gasteiger partial charge in [0.05, 0.1) is 0 Å². The molecular formula is C7H4F2O2. The van der Waals surface area contributed by atoms with Crippen molar-refractivity contribution in [2.45, 2.75) is 0 Å². The van der Waals surface area contributed by atoms with Crippen molar-refractivity contribution in [1.82, 2.24) is 0 Å². The summed E-state index contributed by atoms with van der Waals surface area (Å²) in [6, 6.07) is 2.90. The van der Waals surface area contributed by atoms with Gasteiger partial charge in [-0.15, -0.1) is 0 Å². The number of benzene rings is 1. The molecule has 0 saturated heterocycles. The summed E-state index contributed by atoms with van der Waals surface area (Å²) >= 11 is 0. The predicted molar refractivity (Wildman–Crippen MR) is 33.3 cm³/mol. The van der Waals surface area contributed by atoms with E-state index in [0.717, 1.165) is 18.2 Å². The molecule has 4 heteroatoms. The van der Waals surface area contributed by atoms with Crippen molar-refractivity contribution in [3.05, 3.63) is 35.4 Å². The van der Waals surface area contributed by atoms with Crippen molar-refractivity contribution in [2.24, 2.45) is 0 Å². The van der Waals surface area contributed by atoms with E-state index in [1.165, 1.54) is 0 Å². The van der Waals surface area contributed by atoms with E-state index in [9.17, 15) is 13.6 Å². The summed E-state index contributed by atoms with van der Waals surface area (Å²) in [5.74, 6) is -3.71. The van der Waals surface area contributed by atoms with Crippen LogP contribution in [0.1, 0.15) is 10.4 Å². The van der Waals surface area contributed by atoms with Crippen LogP contribution in [-0.2, 0) is 0 Å². The maximum Gasteiger partial charge on any atom is 0.341 e. The third-order valence-electron chi connectivity index (χ3n) is 1.18. The van der Waals surface area contributed by atoms with Crippen molar-refractivity contribution in [3.8, 4) is 0 Å². The highest BCUT2D eigenvalue weighted by atomic mass is 19.1. The fraction of sp³-hybridized carbons (Fsp3) is 0. The van der Waals surface area contributed by atoms with Crippen molar-refractivity contribution in [3.63, 3.8) is 0 Å². The number of carbonyl (C=O) groups is 1. The molecule has 11 heavy (non-hydrogen) atoms. The zero-order valence-electron chi connectivity index (χ0n) is 5.34. The van der Waals surface area contributed by atoms with Crippen molar-refractivity contribution in [2.75, 3.05) is 0 Å². The van der Waals surface area contributed by atoms with Crippen LogP contribution >= 0.6 is 0 Å². The van der Waals surface area contributed by atoms with Crippen LogP contribution in [0.2, 0.25) is 0 Å². The first-order valence-corrected chi connectivity index (χ1v) is 2.80. The lowest BCUT2D eigenvalue weighted by Crippen LogP contribution is -2.03. The fourth-order valence-corrected chi connectivity index (χ4v) is 0.702. The second-order valence-corrected chi connectivity index (χ2v) is 1.90. The molecule has 0 aliphatic rings. The third-order valence-corrected chi connectivity index (χ3v) is 1.18. The standard InChI is InChI=1S/C7H4F2O2/c8-4-2-1-3-5(9)6(4)7(10)11/h1-3H,(H,10,11)/i7+1. The fourth-order valence-electron chi connectivity index (χ4n) is 0.702. The average molecular weight is 159 g/mol. The summed E-state index contributed by atoms with van der Waals surface area (Å²) in [4.78, 5) is 10.2. The molecule has 0 fully saturated rings. The summed E-state index contributed by atoms with van der Waals surface area (Å²) in [6.45, 7) is 0. The molecule has 0 aliphatic carbocycles. The lowest BCUT2D eigenvalue weighted by Gasteiger charge is -1.96. The number of hydrogen-bond donors (Lipinski definition) is 1. The highest BCUT2D eigenvalue weighted by Gasteiger charge is 2.14. The van der Waals surface area contributed by atoms with E-state index in [4.69, 9.17) is 5.11 Å². The molecule has 2 nitrogen and oxygen atoms in total. The van der Waals surface area contributed by atoms with Crippen molar-refractivity contribution in [1.29, 1.82) is 0 Å². The van der Waals surface area contributed by atoms with Gasteiger partial charge in [0, 0.05) is 0 Å². The van der Waals surface area contributed by atoms with Gasteiger partial charge in [-0.2, -0.15) is 0 Å². The van der Waals surface area contributed by atoms with E-state index in [1.54, 1.807) is 0 Å². The van der Waals surface area contributed by atoms with Gasteiger partial charge in [-0.1, -0.05) is 6.07 Å². The molecule has 0 aliphatic heterocycles. The molecule has 1 rings (SSSR count). The Hall–Kier alpha value is -1.45. The SMILES string of the molecule is O=[13C](O)c1c(F)cccc1F. The molecular weight excluding hydrogens is 155 g/mol. The lowest BCUT2D eigenvalue weighted by molar-refractivity contribution is 0.0686. The first-order chi connectivity index (χ1) is 5.13. The van der Waals surface area contributed by atoms with Crippen LogP contribution in [0.15, 0.2) is 18.2 Å². The molecule has 0 saturated carbocycles. The minimum Gasteiger partial charge on any atom is -0.477 e. The number of carboxylic acid groups (broad SMARTS) is 1. The highest BCUT2D eigenvalue weighted by Crippen LogP contribution is 2.10. The Morgan fingerprint density at radius 3 is 2.00 bits per heavy atom. The van der Waals surface area contributed by atoms with Gasteiger partial charge in [0.2, 0.25) is 0 Å². The number of carboxylic acids is 1. The average Bonchev–Trinajstić information content (AvgIpc) is 1.85. The van der Waals surface area contributed by atoms with Gasteiger partial charge in [0.1, 0.15) is 17.2 Å². The summed E-state index contributed by atoms with van der Waals surface area (Å²) in [7, 11) is 0. The van der Waals surface area contributed by atoms with E-state index >= 15 is 0 Å². The minimum absolute atomic E-state index is 0.895. The Labute approximate surface area is 61.1 Å². The summed E-state index contributed by atoms with van der Waals surface area (Å²) in [6.07, 6.45) is 0. The molecule has 1 aromatic carbocycles. The van der Waals surface area contributed by atoms with Crippen LogP contribution in [0.4, 0.5) is 8.78 Å². The zero-order valence-corrected chi connectivity index (χ0v) is 5.34. The van der Waals surface area contributed by atoms with Crippen LogP contribution in [0.5, 0.6) is 0 Å². The van der Waals surface area contributed by atoms with Crippen LogP contribution in [0.25, 0.3) is 0 Å². The first-order valence-electron chi connectivity index (χ1n) is 2.80. The van der Waals surface area contributed by atoms with Crippen molar-refractivity contribution >= 4 is 5.97 Å². The number of aromatic carboxylic acids is 1. The molecule has 0 amide bonds. The van der Waals surface area contributed by atoms with E-state index in [2.05, 4.69) is 0 Å². The van der Waals surface area contributed by atoms with E-state index in [0.29, 0.717) is 0 Å². The summed E-state index contributed by atoms with van der Waals surface area (Å²) in [5.41, 5.74) is -0.910. The molecule has 0 bridgehead atoms. The Bertz CT molecular complexity index is 276. The Morgan fingerprint density at radius 2 is 1.73 bits per heavy atom. The van der Waals surface area contributed by atoms with Gasteiger partial charge >= 0.3 is 5.97 Å². The lowest BCUT2D eigenvalue weighted by atomic mass is 10.3. The van der Waals surface area contributed by atoms with Gasteiger partial charge in [-0.05, 0) is 12.1 Å². The molecule has 0 radical (unpaired) electrons. The highest BCUT2D eigenvalue weighted by molar-refractivity contribution is 5.88. The Balaban J connectivity index is 3.32. The Kier molecular flexibility index (Phi) is 1.85. The maximum absolute atomic E-state index is 12.5. The van der Waals surface area contributed by atoms with Crippen LogP contribution < -0.4 is 0 Å². The molecule has 0 aromatic heterocycles. The van der Waals surface area contributed by atoms with Crippen LogP contribution in [0, 0.1) is 11.6 Å². The smallest absolute Gasteiger partial charge is 0.341 e. The van der Waals surface area contributed by atoms with Gasteiger partial charge in [0.25, 0.3) is 0 Å². The molecule has 58 valence electrons. The first kappa shape index (κ1) is 7.65. The van der Waals surface area contributed by atoms with E-state index in [1.807, 2.05) is 0 Å². The number of halogens is 2. The molecule has 1 aromatic rings. The maximum atomic E-state index is 12.5. The van der Waals surface area contributed by atoms with E-state index in [-0.39, 0.29) is 0 Å². The van der Waals surface area contributed by atoms with Gasteiger partial charge in [0.15, 0.2) is 0 Å². The van der Waals surface area contributed by atoms with Gasteiger partial charge in [-0.25, -0.2) is 13.6 Å². The monoisotopic (exact) mass is 159 g/mol. The predicted octanol–water partition coefficient (Wildman–Crippen LogP) is 1.66. The summed E-state index contributed by atoms with van der Waals surface area (Å²) in [5, 5.41) is 8.27.